The third-order valence-corrected chi connectivity index (χ3v) is 6.31. The number of aromatic nitrogens is 1. The molecule has 0 fully saturated rings. The topological polar surface area (TPSA) is 88.5 Å². The molecule has 0 saturated carbocycles. The molecule has 1 aromatic carbocycles. The molecule has 8 heteroatoms. The number of benzene rings is 1. The van der Waals surface area contributed by atoms with Crippen LogP contribution >= 0.6 is 0 Å². The molecule has 0 bridgehead atoms. The van der Waals surface area contributed by atoms with Gasteiger partial charge in [0.1, 0.15) is 6.54 Å². The molecular formula is C19H25N3O4S. The largest absolute Gasteiger partial charge is 0.324 e. The van der Waals surface area contributed by atoms with Gasteiger partial charge in [0, 0.05) is 31.0 Å². The maximum Gasteiger partial charge on any atom is 0.251 e. The van der Waals surface area contributed by atoms with Gasteiger partial charge >= 0.3 is 0 Å². The third-order valence-electron chi connectivity index (χ3n) is 4.28. The van der Waals surface area contributed by atoms with Crippen LogP contribution in [-0.4, -0.2) is 36.3 Å². The second kappa shape index (κ2) is 8.49. The zero-order chi connectivity index (χ0) is 20.2. The summed E-state index contributed by atoms with van der Waals surface area (Å²) in [5, 5.41) is 2.77. The summed E-state index contributed by atoms with van der Waals surface area (Å²) in [7, 11) is -3.71. The lowest BCUT2D eigenvalue weighted by atomic mass is 10.1. The molecule has 1 amide bonds. The van der Waals surface area contributed by atoms with Crippen molar-refractivity contribution in [1.82, 2.24) is 8.87 Å². The highest BCUT2D eigenvalue weighted by Crippen LogP contribution is 2.17. The van der Waals surface area contributed by atoms with E-state index in [0.717, 1.165) is 15.7 Å². The molecule has 7 nitrogen and oxygen atoms in total. The number of amides is 1. The molecule has 0 spiro atoms. The van der Waals surface area contributed by atoms with Gasteiger partial charge in [-0.05, 0) is 37.1 Å². The van der Waals surface area contributed by atoms with Gasteiger partial charge in [-0.3, -0.25) is 9.59 Å². The van der Waals surface area contributed by atoms with E-state index in [1.165, 1.54) is 22.6 Å². The highest BCUT2D eigenvalue weighted by molar-refractivity contribution is 7.89. The van der Waals surface area contributed by atoms with Crippen molar-refractivity contribution in [1.29, 1.82) is 0 Å². The molecule has 1 heterocycles. The number of rotatable bonds is 7. The molecule has 0 aliphatic carbocycles. The predicted octanol–water partition coefficient (Wildman–Crippen LogP) is 2.13. The molecule has 0 radical (unpaired) electrons. The average molecular weight is 391 g/mol. The van der Waals surface area contributed by atoms with Crippen molar-refractivity contribution in [3.8, 4) is 0 Å². The Morgan fingerprint density at radius 3 is 2.41 bits per heavy atom. The Kier molecular flexibility index (Phi) is 6.56. The highest BCUT2D eigenvalue weighted by atomic mass is 32.2. The van der Waals surface area contributed by atoms with E-state index < -0.39 is 21.5 Å². The van der Waals surface area contributed by atoms with Crippen LogP contribution in [-0.2, 0) is 21.4 Å². The van der Waals surface area contributed by atoms with Crippen LogP contribution in [0.2, 0.25) is 0 Å². The summed E-state index contributed by atoms with van der Waals surface area (Å²) >= 11 is 0. The number of hydrogen-bond acceptors (Lipinski definition) is 4. The minimum Gasteiger partial charge on any atom is -0.324 e. The number of carbonyl (C=O) groups is 1. The van der Waals surface area contributed by atoms with Crippen molar-refractivity contribution in [2.24, 2.45) is 0 Å². The summed E-state index contributed by atoms with van der Waals surface area (Å²) in [5.74, 6) is -0.400. The number of aryl methyl sites for hydroxylation is 2. The number of pyridine rings is 1. The van der Waals surface area contributed by atoms with E-state index in [2.05, 4.69) is 5.32 Å². The van der Waals surface area contributed by atoms with E-state index >= 15 is 0 Å². The summed E-state index contributed by atoms with van der Waals surface area (Å²) in [5.41, 5.74) is 2.13. The quantitative estimate of drug-likeness (QED) is 0.783. The van der Waals surface area contributed by atoms with Gasteiger partial charge in [0.05, 0.1) is 4.90 Å². The predicted molar refractivity (Wildman–Crippen MR) is 105 cm³/mol. The Morgan fingerprint density at radius 2 is 1.78 bits per heavy atom. The lowest BCUT2D eigenvalue weighted by Crippen LogP contribution is -2.33. The number of sulfonamides is 1. The Hall–Kier alpha value is -2.45. The summed E-state index contributed by atoms with van der Waals surface area (Å²) in [6.07, 6.45) is 1.22. The first-order valence-corrected chi connectivity index (χ1v) is 10.2. The van der Waals surface area contributed by atoms with Gasteiger partial charge in [-0.2, -0.15) is 4.31 Å². The van der Waals surface area contributed by atoms with Crippen LogP contribution in [0.25, 0.3) is 0 Å². The SMILES string of the molecule is CCN(CC)S(=O)(=O)c1ccc(=O)n(CC(=O)Nc2cc(C)ccc2C)c1. The molecule has 0 unspecified atom stereocenters. The van der Waals surface area contributed by atoms with Crippen LogP contribution in [0, 0.1) is 13.8 Å². The second-order valence-electron chi connectivity index (χ2n) is 6.29. The molecule has 2 rings (SSSR count). The molecular weight excluding hydrogens is 366 g/mol. The van der Waals surface area contributed by atoms with Gasteiger partial charge in [-0.1, -0.05) is 26.0 Å². The second-order valence-corrected chi connectivity index (χ2v) is 8.22. The fourth-order valence-corrected chi connectivity index (χ4v) is 4.19. The summed E-state index contributed by atoms with van der Waals surface area (Å²) < 4.78 is 27.7. The highest BCUT2D eigenvalue weighted by Gasteiger charge is 2.22. The summed E-state index contributed by atoms with van der Waals surface area (Å²) in [6, 6.07) is 8.12. The smallest absolute Gasteiger partial charge is 0.251 e. The van der Waals surface area contributed by atoms with Crippen molar-refractivity contribution in [2.75, 3.05) is 18.4 Å². The van der Waals surface area contributed by atoms with Crippen LogP contribution in [0.3, 0.4) is 0 Å². The molecule has 0 saturated heterocycles. The lowest BCUT2D eigenvalue weighted by molar-refractivity contribution is -0.116. The number of nitrogens with one attached hydrogen (secondary N) is 1. The molecule has 0 aliphatic heterocycles. The summed E-state index contributed by atoms with van der Waals surface area (Å²) in [4.78, 5) is 24.5. The van der Waals surface area contributed by atoms with Gasteiger partial charge in [0.2, 0.25) is 15.9 Å². The number of carbonyl (C=O) groups excluding carboxylic acids is 1. The van der Waals surface area contributed by atoms with Crippen molar-refractivity contribution < 1.29 is 13.2 Å². The van der Waals surface area contributed by atoms with Crippen molar-refractivity contribution >= 4 is 21.6 Å². The normalized spacial score (nSPS) is 11.6. The molecule has 146 valence electrons. The molecule has 0 atom stereocenters. The van der Waals surface area contributed by atoms with E-state index in [1.54, 1.807) is 13.8 Å². The molecule has 2 aromatic rings. The van der Waals surface area contributed by atoms with Crippen LogP contribution in [0.15, 0.2) is 46.2 Å². The number of nitrogens with zero attached hydrogens (tertiary/aromatic N) is 2. The van der Waals surface area contributed by atoms with Crippen molar-refractivity contribution in [3.05, 3.63) is 58.0 Å². The van der Waals surface area contributed by atoms with Gasteiger partial charge in [0.15, 0.2) is 0 Å². The number of anilines is 1. The minimum absolute atomic E-state index is 0.00895. The Morgan fingerprint density at radius 1 is 1.11 bits per heavy atom. The zero-order valence-electron chi connectivity index (χ0n) is 16.0. The Labute approximate surface area is 159 Å². The van der Waals surface area contributed by atoms with Crippen LogP contribution < -0.4 is 10.9 Å². The third kappa shape index (κ3) is 4.84. The van der Waals surface area contributed by atoms with Crippen LogP contribution in [0.5, 0.6) is 0 Å². The summed E-state index contributed by atoms with van der Waals surface area (Å²) in [6.45, 7) is 7.66. The average Bonchev–Trinajstić information content (AvgIpc) is 2.60. The standard InChI is InChI=1S/C19H25N3O4S/c1-5-22(6-2)27(25,26)16-9-10-19(24)21(12-16)13-18(23)20-17-11-14(3)7-8-15(17)4/h7-12H,5-6,13H2,1-4H3,(H,20,23). The van der Waals surface area contributed by atoms with Crippen LogP contribution in [0.1, 0.15) is 25.0 Å². The first kappa shape index (κ1) is 20.9. The minimum atomic E-state index is -3.71. The van der Waals surface area contributed by atoms with Crippen molar-refractivity contribution in [2.45, 2.75) is 39.1 Å². The number of hydrogen-bond donors (Lipinski definition) is 1. The van der Waals surface area contributed by atoms with Gasteiger partial charge in [-0.15, -0.1) is 0 Å². The van der Waals surface area contributed by atoms with E-state index in [9.17, 15) is 18.0 Å². The Bertz CT molecular complexity index is 992. The van der Waals surface area contributed by atoms with E-state index in [-0.39, 0.29) is 11.4 Å². The molecule has 1 N–H and O–H groups in total. The first-order valence-electron chi connectivity index (χ1n) is 8.76. The fourth-order valence-electron chi connectivity index (χ4n) is 2.71. The maximum absolute atomic E-state index is 12.6. The van der Waals surface area contributed by atoms with Crippen molar-refractivity contribution in [3.63, 3.8) is 0 Å². The van der Waals surface area contributed by atoms with Gasteiger partial charge < -0.3 is 9.88 Å². The molecule has 1 aromatic heterocycles. The Balaban J connectivity index is 2.27. The van der Waals surface area contributed by atoms with Gasteiger partial charge in [0.25, 0.3) is 5.56 Å². The lowest BCUT2D eigenvalue weighted by Gasteiger charge is -2.19. The zero-order valence-corrected chi connectivity index (χ0v) is 16.8. The molecule has 27 heavy (non-hydrogen) atoms. The fraction of sp³-hybridized carbons (Fsp3) is 0.368. The maximum atomic E-state index is 12.6. The van der Waals surface area contributed by atoms with Gasteiger partial charge in [-0.25, -0.2) is 8.42 Å². The van der Waals surface area contributed by atoms with Crippen LogP contribution in [0.4, 0.5) is 5.69 Å². The first-order chi connectivity index (χ1) is 12.7. The van der Waals surface area contributed by atoms with E-state index in [1.807, 2.05) is 32.0 Å². The van der Waals surface area contributed by atoms with E-state index in [4.69, 9.17) is 0 Å². The molecule has 0 aliphatic rings. The monoisotopic (exact) mass is 391 g/mol. The van der Waals surface area contributed by atoms with E-state index in [0.29, 0.717) is 18.8 Å².